The lowest BCUT2D eigenvalue weighted by molar-refractivity contribution is -0.157. The summed E-state index contributed by atoms with van der Waals surface area (Å²) in [6, 6.07) is -0.568. The molecule has 1 heterocycles. The fourth-order valence-electron chi connectivity index (χ4n) is 1.87. The highest BCUT2D eigenvalue weighted by Gasteiger charge is 2.40. The smallest absolute Gasteiger partial charge is 0.329 e. The molecule has 3 N–H and O–H groups in total. The summed E-state index contributed by atoms with van der Waals surface area (Å²) >= 11 is 0. The van der Waals surface area contributed by atoms with Gasteiger partial charge in [0.2, 0.25) is 11.8 Å². The molecule has 0 saturated carbocycles. The van der Waals surface area contributed by atoms with Crippen LogP contribution in [0, 0.1) is 0 Å². The van der Waals surface area contributed by atoms with Crippen LogP contribution in [0.15, 0.2) is 0 Å². The third-order valence-electron chi connectivity index (χ3n) is 3.09. The molecule has 102 valence electrons. The van der Waals surface area contributed by atoms with Gasteiger partial charge < -0.3 is 15.3 Å². The summed E-state index contributed by atoms with van der Waals surface area (Å²) in [5.74, 6) is -1.54. The molecule has 0 radical (unpaired) electrons. The molecule has 1 unspecified atom stereocenters. The second kappa shape index (κ2) is 5.34. The highest BCUT2D eigenvalue weighted by Crippen LogP contribution is 2.16. The fourth-order valence-corrected chi connectivity index (χ4v) is 1.87. The molecule has 0 spiro atoms. The number of hydrogen-bond acceptors (Lipinski definition) is 4. The van der Waals surface area contributed by atoms with E-state index in [1.807, 2.05) is 0 Å². The largest absolute Gasteiger partial charge is 0.480 e. The van der Waals surface area contributed by atoms with E-state index >= 15 is 0 Å². The summed E-state index contributed by atoms with van der Waals surface area (Å²) in [5.41, 5.74) is -1.27. The van der Waals surface area contributed by atoms with Crippen LogP contribution >= 0.6 is 0 Å². The second-order valence-electron chi connectivity index (χ2n) is 4.68. The molecule has 1 saturated heterocycles. The van der Waals surface area contributed by atoms with Gasteiger partial charge in [-0.3, -0.25) is 14.9 Å². The molecule has 0 aromatic heterocycles. The standard InChI is InChI=1S/C11H19N3O4/c1-4-14(11(2,3)10(17)18)9(16)7-5-13-8(15)6-12-7/h7,12H,4-6H2,1-3H3,(H,13,15)(H,17,18). The van der Waals surface area contributed by atoms with Gasteiger partial charge in [-0.25, -0.2) is 4.79 Å². The molecule has 18 heavy (non-hydrogen) atoms. The summed E-state index contributed by atoms with van der Waals surface area (Å²) in [5, 5.41) is 14.5. The van der Waals surface area contributed by atoms with E-state index in [1.165, 1.54) is 18.7 Å². The van der Waals surface area contributed by atoms with Crippen molar-refractivity contribution in [2.75, 3.05) is 19.6 Å². The molecule has 1 aliphatic heterocycles. The zero-order valence-electron chi connectivity index (χ0n) is 10.8. The number of hydrogen-bond donors (Lipinski definition) is 3. The Morgan fingerprint density at radius 2 is 2.11 bits per heavy atom. The van der Waals surface area contributed by atoms with E-state index in [4.69, 9.17) is 5.11 Å². The monoisotopic (exact) mass is 257 g/mol. The molecular weight excluding hydrogens is 238 g/mol. The number of nitrogens with zero attached hydrogens (tertiary/aromatic N) is 1. The van der Waals surface area contributed by atoms with Gasteiger partial charge in [0.25, 0.3) is 0 Å². The molecule has 2 amide bonds. The summed E-state index contributed by atoms with van der Waals surface area (Å²) in [6.07, 6.45) is 0. The molecule has 1 atom stereocenters. The van der Waals surface area contributed by atoms with Gasteiger partial charge in [-0.05, 0) is 20.8 Å². The van der Waals surface area contributed by atoms with E-state index in [-0.39, 0.29) is 24.9 Å². The van der Waals surface area contributed by atoms with E-state index < -0.39 is 17.6 Å². The summed E-state index contributed by atoms with van der Waals surface area (Å²) in [7, 11) is 0. The summed E-state index contributed by atoms with van der Waals surface area (Å²) in [4.78, 5) is 35.7. The van der Waals surface area contributed by atoms with Gasteiger partial charge in [0.05, 0.1) is 6.54 Å². The van der Waals surface area contributed by atoms with Crippen LogP contribution in [0.5, 0.6) is 0 Å². The van der Waals surface area contributed by atoms with E-state index in [9.17, 15) is 14.4 Å². The molecule has 7 heteroatoms. The van der Waals surface area contributed by atoms with Crippen LogP contribution in [0.3, 0.4) is 0 Å². The number of aliphatic carboxylic acids is 1. The molecular formula is C11H19N3O4. The Labute approximate surface area is 106 Å². The zero-order valence-corrected chi connectivity index (χ0v) is 10.8. The molecule has 0 bridgehead atoms. The summed E-state index contributed by atoms with van der Waals surface area (Å²) < 4.78 is 0. The highest BCUT2D eigenvalue weighted by molar-refractivity contribution is 5.91. The van der Waals surface area contributed by atoms with Crippen LogP contribution in [-0.2, 0) is 14.4 Å². The van der Waals surface area contributed by atoms with Gasteiger partial charge in [-0.1, -0.05) is 0 Å². The molecule has 1 rings (SSSR count). The normalized spacial score (nSPS) is 20.2. The van der Waals surface area contributed by atoms with Crippen molar-refractivity contribution >= 4 is 17.8 Å². The molecule has 1 fully saturated rings. The minimum Gasteiger partial charge on any atom is -0.480 e. The van der Waals surface area contributed by atoms with Crippen LogP contribution < -0.4 is 10.6 Å². The Balaban J connectivity index is 2.80. The van der Waals surface area contributed by atoms with Gasteiger partial charge in [0, 0.05) is 13.1 Å². The Bertz CT molecular complexity index is 357. The van der Waals surface area contributed by atoms with Gasteiger partial charge >= 0.3 is 5.97 Å². The average Bonchev–Trinajstić information content (AvgIpc) is 2.30. The van der Waals surface area contributed by atoms with Crippen LogP contribution in [0.4, 0.5) is 0 Å². The summed E-state index contributed by atoms with van der Waals surface area (Å²) in [6.45, 7) is 5.25. The van der Waals surface area contributed by atoms with Crippen LogP contribution in [0.2, 0.25) is 0 Å². The Morgan fingerprint density at radius 1 is 1.50 bits per heavy atom. The van der Waals surface area contributed by atoms with Crippen molar-refractivity contribution in [3.8, 4) is 0 Å². The first-order valence-corrected chi connectivity index (χ1v) is 5.85. The average molecular weight is 257 g/mol. The van der Waals surface area contributed by atoms with E-state index in [0.717, 1.165) is 0 Å². The van der Waals surface area contributed by atoms with E-state index in [0.29, 0.717) is 6.54 Å². The Kier molecular flexibility index (Phi) is 4.28. The third kappa shape index (κ3) is 2.79. The number of likely N-dealkylation sites (N-methyl/N-ethyl adjacent to an activating group) is 1. The van der Waals surface area contributed by atoms with Crippen molar-refractivity contribution in [1.82, 2.24) is 15.5 Å². The molecule has 1 aliphatic rings. The van der Waals surface area contributed by atoms with E-state index in [2.05, 4.69) is 10.6 Å². The van der Waals surface area contributed by atoms with Gasteiger partial charge in [-0.2, -0.15) is 0 Å². The van der Waals surface area contributed by atoms with Crippen molar-refractivity contribution in [2.45, 2.75) is 32.4 Å². The Morgan fingerprint density at radius 3 is 2.50 bits per heavy atom. The topological polar surface area (TPSA) is 98.7 Å². The fraction of sp³-hybridized carbons (Fsp3) is 0.727. The minimum absolute atomic E-state index is 0.0709. The third-order valence-corrected chi connectivity index (χ3v) is 3.09. The molecule has 0 aromatic rings. The van der Waals surface area contributed by atoms with Crippen LogP contribution in [0.25, 0.3) is 0 Å². The zero-order chi connectivity index (χ0) is 13.9. The first-order chi connectivity index (χ1) is 8.30. The minimum atomic E-state index is -1.27. The maximum absolute atomic E-state index is 12.2. The SMILES string of the molecule is CCN(C(=O)C1CNC(=O)CN1)C(C)(C)C(=O)O. The number of carboxylic acid groups (broad SMARTS) is 1. The number of rotatable bonds is 4. The van der Waals surface area contributed by atoms with Crippen LogP contribution in [0.1, 0.15) is 20.8 Å². The molecule has 0 aromatic carbocycles. The highest BCUT2D eigenvalue weighted by atomic mass is 16.4. The van der Waals surface area contributed by atoms with Crippen molar-refractivity contribution in [3.63, 3.8) is 0 Å². The number of amides is 2. The first kappa shape index (κ1) is 14.4. The number of carbonyl (C=O) groups excluding carboxylic acids is 2. The van der Waals surface area contributed by atoms with Crippen LogP contribution in [-0.4, -0.2) is 59.0 Å². The quantitative estimate of drug-likeness (QED) is 0.586. The lowest BCUT2D eigenvalue weighted by Gasteiger charge is -2.37. The number of carbonyl (C=O) groups is 3. The van der Waals surface area contributed by atoms with Crippen molar-refractivity contribution < 1.29 is 19.5 Å². The molecule has 7 nitrogen and oxygen atoms in total. The maximum atomic E-state index is 12.2. The van der Waals surface area contributed by atoms with Gasteiger partial charge in [-0.15, -0.1) is 0 Å². The van der Waals surface area contributed by atoms with Crippen molar-refractivity contribution in [1.29, 1.82) is 0 Å². The lowest BCUT2D eigenvalue weighted by atomic mass is 10.0. The number of nitrogens with one attached hydrogen (secondary N) is 2. The number of piperazine rings is 1. The predicted molar refractivity (Wildman–Crippen MR) is 63.9 cm³/mol. The maximum Gasteiger partial charge on any atom is 0.329 e. The second-order valence-corrected chi connectivity index (χ2v) is 4.68. The molecule has 0 aliphatic carbocycles. The predicted octanol–water partition coefficient (Wildman–Crippen LogP) is -1.21. The van der Waals surface area contributed by atoms with Gasteiger partial charge in [0.15, 0.2) is 0 Å². The van der Waals surface area contributed by atoms with E-state index in [1.54, 1.807) is 6.92 Å². The first-order valence-electron chi connectivity index (χ1n) is 5.85. The lowest BCUT2D eigenvalue weighted by Crippen LogP contribution is -2.63. The van der Waals surface area contributed by atoms with Crippen molar-refractivity contribution in [2.24, 2.45) is 0 Å². The Hall–Kier alpha value is -1.63. The number of carboxylic acids is 1. The van der Waals surface area contributed by atoms with Gasteiger partial charge in [0.1, 0.15) is 11.6 Å². The van der Waals surface area contributed by atoms with Crippen molar-refractivity contribution in [3.05, 3.63) is 0 Å².